The highest BCUT2D eigenvalue weighted by Gasteiger charge is 2.04. The third-order valence-corrected chi connectivity index (χ3v) is 3.94. The van der Waals surface area contributed by atoms with Gasteiger partial charge in [-0.05, 0) is 32.0 Å². The summed E-state index contributed by atoms with van der Waals surface area (Å²) in [7, 11) is 1.99. The number of aryl methyl sites for hydroxylation is 2. The molecule has 1 aromatic carbocycles. The third-order valence-electron chi connectivity index (χ3n) is 3.03. The van der Waals surface area contributed by atoms with Gasteiger partial charge in [0.25, 0.3) is 0 Å². The van der Waals surface area contributed by atoms with Gasteiger partial charge in [-0.3, -0.25) is 0 Å². The second-order valence-electron chi connectivity index (χ2n) is 4.38. The van der Waals surface area contributed by atoms with Crippen molar-refractivity contribution in [3.8, 4) is 11.3 Å². The SMILES string of the molecule is CCc1ccc(-c2csc(CCCNC)n2)cc1. The van der Waals surface area contributed by atoms with E-state index < -0.39 is 0 Å². The molecule has 0 unspecified atom stereocenters. The Morgan fingerprint density at radius 2 is 2.00 bits per heavy atom. The average Bonchev–Trinajstić information content (AvgIpc) is 2.88. The predicted octanol–water partition coefficient (Wildman–Crippen LogP) is 3.52. The number of hydrogen-bond acceptors (Lipinski definition) is 3. The zero-order valence-corrected chi connectivity index (χ0v) is 11.9. The molecule has 1 N–H and O–H groups in total. The lowest BCUT2D eigenvalue weighted by Gasteiger charge is -1.99. The topological polar surface area (TPSA) is 24.9 Å². The van der Waals surface area contributed by atoms with Crippen LogP contribution in [-0.4, -0.2) is 18.6 Å². The molecule has 2 aromatic rings. The highest BCUT2D eigenvalue weighted by molar-refractivity contribution is 7.09. The van der Waals surface area contributed by atoms with Crippen molar-refractivity contribution in [3.05, 3.63) is 40.2 Å². The zero-order valence-electron chi connectivity index (χ0n) is 11.1. The molecule has 0 aliphatic rings. The highest BCUT2D eigenvalue weighted by Crippen LogP contribution is 2.23. The quantitative estimate of drug-likeness (QED) is 0.804. The van der Waals surface area contributed by atoms with Gasteiger partial charge < -0.3 is 5.32 Å². The Morgan fingerprint density at radius 3 is 2.67 bits per heavy atom. The standard InChI is InChI=1S/C15H20N2S/c1-3-12-6-8-13(9-7-12)14-11-18-15(17-14)5-4-10-16-2/h6-9,11,16H,3-5,10H2,1-2H3. The largest absolute Gasteiger partial charge is 0.320 e. The second-order valence-corrected chi connectivity index (χ2v) is 5.33. The van der Waals surface area contributed by atoms with E-state index in [9.17, 15) is 0 Å². The molecule has 0 spiro atoms. The summed E-state index contributed by atoms with van der Waals surface area (Å²) in [5.74, 6) is 0. The van der Waals surface area contributed by atoms with Gasteiger partial charge in [-0.15, -0.1) is 11.3 Å². The molecule has 0 fully saturated rings. The first-order chi connectivity index (χ1) is 8.83. The maximum atomic E-state index is 4.70. The van der Waals surface area contributed by atoms with Crippen LogP contribution in [-0.2, 0) is 12.8 Å². The van der Waals surface area contributed by atoms with Crippen LogP contribution in [0.4, 0.5) is 0 Å². The van der Waals surface area contributed by atoms with E-state index in [1.165, 1.54) is 16.1 Å². The first-order valence-corrected chi connectivity index (χ1v) is 7.39. The molecule has 3 heteroatoms. The molecule has 0 amide bonds. The fourth-order valence-electron chi connectivity index (χ4n) is 1.89. The molecule has 0 bridgehead atoms. The first kappa shape index (κ1) is 13.2. The van der Waals surface area contributed by atoms with E-state index >= 15 is 0 Å². The van der Waals surface area contributed by atoms with Gasteiger partial charge in [-0.25, -0.2) is 4.98 Å². The summed E-state index contributed by atoms with van der Waals surface area (Å²) < 4.78 is 0. The molecular formula is C15H20N2S. The average molecular weight is 260 g/mol. The zero-order chi connectivity index (χ0) is 12.8. The first-order valence-electron chi connectivity index (χ1n) is 6.51. The molecule has 18 heavy (non-hydrogen) atoms. The minimum Gasteiger partial charge on any atom is -0.320 e. The van der Waals surface area contributed by atoms with Crippen molar-refractivity contribution in [1.29, 1.82) is 0 Å². The maximum Gasteiger partial charge on any atom is 0.0933 e. The van der Waals surface area contributed by atoms with Gasteiger partial charge in [-0.1, -0.05) is 31.2 Å². The van der Waals surface area contributed by atoms with E-state index in [1.54, 1.807) is 11.3 Å². The summed E-state index contributed by atoms with van der Waals surface area (Å²) >= 11 is 1.77. The summed E-state index contributed by atoms with van der Waals surface area (Å²) in [6.07, 6.45) is 3.31. The molecule has 0 saturated heterocycles. The van der Waals surface area contributed by atoms with Crippen LogP contribution in [0, 0.1) is 0 Å². The molecule has 0 radical (unpaired) electrons. The van der Waals surface area contributed by atoms with Crippen molar-refractivity contribution >= 4 is 11.3 Å². The Bertz CT molecular complexity index is 473. The number of nitrogens with one attached hydrogen (secondary N) is 1. The molecule has 2 rings (SSSR count). The fraction of sp³-hybridized carbons (Fsp3) is 0.400. The Hall–Kier alpha value is -1.19. The third kappa shape index (κ3) is 3.40. The number of benzene rings is 1. The normalized spacial score (nSPS) is 10.8. The van der Waals surface area contributed by atoms with Crippen molar-refractivity contribution in [2.24, 2.45) is 0 Å². The lowest BCUT2D eigenvalue weighted by Crippen LogP contribution is -2.08. The van der Waals surface area contributed by atoms with Gasteiger partial charge in [0.1, 0.15) is 0 Å². The van der Waals surface area contributed by atoms with E-state index in [0.717, 1.165) is 31.5 Å². The van der Waals surface area contributed by atoms with Crippen molar-refractivity contribution in [3.63, 3.8) is 0 Å². The molecule has 0 aliphatic heterocycles. The van der Waals surface area contributed by atoms with Crippen molar-refractivity contribution in [2.45, 2.75) is 26.2 Å². The van der Waals surface area contributed by atoms with Gasteiger partial charge in [-0.2, -0.15) is 0 Å². The van der Waals surface area contributed by atoms with Crippen LogP contribution < -0.4 is 5.32 Å². The van der Waals surface area contributed by atoms with Crippen LogP contribution in [0.5, 0.6) is 0 Å². The minimum atomic E-state index is 1.06. The lowest BCUT2D eigenvalue weighted by atomic mass is 10.1. The van der Waals surface area contributed by atoms with E-state index in [1.807, 2.05) is 7.05 Å². The molecule has 0 aliphatic carbocycles. The van der Waals surface area contributed by atoms with Crippen molar-refractivity contribution in [1.82, 2.24) is 10.3 Å². The monoisotopic (exact) mass is 260 g/mol. The molecule has 2 nitrogen and oxygen atoms in total. The lowest BCUT2D eigenvalue weighted by molar-refractivity contribution is 0.722. The summed E-state index contributed by atoms with van der Waals surface area (Å²) in [6.45, 7) is 3.23. The van der Waals surface area contributed by atoms with Gasteiger partial charge >= 0.3 is 0 Å². The van der Waals surface area contributed by atoms with Crippen LogP contribution in [0.2, 0.25) is 0 Å². The van der Waals surface area contributed by atoms with Gasteiger partial charge in [0, 0.05) is 17.4 Å². The summed E-state index contributed by atoms with van der Waals surface area (Å²) in [5, 5.41) is 6.56. The fourth-order valence-corrected chi connectivity index (χ4v) is 2.74. The van der Waals surface area contributed by atoms with Crippen LogP contribution in [0.15, 0.2) is 29.6 Å². The smallest absolute Gasteiger partial charge is 0.0933 e. The highest BCUT2D eigenvalue weighted by atomic mass is 32.1. The molecule has 0 atom stereocenters. The Kier molecular flexibility index (Phi) is 4.90. The summed E-state index contributed by atoms with van der Waals surface area (Å²) in [5.41, 5.74) is 3.72. The number of nitrogens with zero attached hydrogens (tertiary/aromatic N) is 1. The van der Waals surface area contributed by atoms with Crippen LogP contribution in [0.3, 0.4) is 0 Å². The summed E-state index contributed by atoms with van der Waals surface area (Å²) in [6, 6.07) is 8.72. The molecule has 1 aromatic heterocycles. The van der Waals surface area contributed by atoms with Crippen LogP contribution in [0.1, 0.15) is 23.9 Å². The Balaban J connectivity index is 2.04. The van der Waals surface area contributed by atoms with Gasteiger partial charge in [0.2, 0.25) is 0 Å². The molecular weight excluding hydrogens is 240 g/mol. The molecule has 1 heterocycles. The van der Waals surface area contributed by atoms with E-state index in [-0.39, 0.29) is 0 Å². The van der Waals surface area contributed by atoms with Crippen LogP contribution in [0.25, 0.3) is 11.3 Å². The van der Waals surface area contributed by atoms with Crippen molar-refractivity contribution < 1.29 is 0 Å². The Morgan fingerprint density at radius 1 is 1.22 bits per heavy atom. The summed E-state index contributed by atoms with van der Waals surface area (Å²) in [4.78, 5) is 4.70. The van der Waals surface area contributed by atoms with Crippen LogP contribution >= 0.6 is 11.3 Å². The molecule has 0 saturated carbocycles. The number of rotatable bonds is 6. The number of thiazole rings is 1. The van der Waals surface area contributed by atoms with Crippen molar-refractivity contribution in [2.75, 3.05) is 13.6 Å². The van der Waals surface area contributed by atoms with Gasteiger partial charge in [0.05, 0.1) is 10.7 Å². The number of hydrogen-bond donors (Lipinski definition) is 1. The van der Waals surface area contributed by atoms with Gasteiger partial charge in [0.15, 0.2) is 0 Å². The van der Waals surface area contributed by atoms with E-state index in [4.69, 9.17) is 4.98 Å². The predicted molar refractivity (Wildman–Crippen MR) is 79.2 cm³/mol. The minimum absolute atomic E-state index is 1.06. The Labute approximate surface area is 113 Å². The van der Waals surface area contributed by atoms with E-state index in [2.05, 4.69) is 41.9 Å². The van der Waals surface area contributed by atoms with E-state index in [0.29, 0.717) is 0 Å². The molecule has 96 valence electrons. The second kappa shape index (κ2) is 6.66. The number of aromatic nitrogens is 1. The maximum absolute atomic E-state index is 4.70.